The highest BCUT2D eigenvalue weighted by atomic mass is 16.5. The van der Waals surface area contributed by atoms with Crippen molar-refractivity contribution >= 4 is 5.91 Å². The summed E-state index contributed by atoms with van der Waals surface area (Å²) in [5.41, 5.74) is 5.24. The summed E-state index contributed by atoms with van der Waals surface area (Å²) in [7, 11) is 0. The summed E-state index contributed by atoms with van der Waals surface area (Å²) in [5, 5.41) is 3.16. The van der Waals surface area contributed by atoms with Crippen molar-refractivity contribution < 1.29 is 9.53 Å². The molecular weight excluding hydrogens is 322 g/mol. The lowest BCUT2D eigenvalue weighted by Crippen LogP contribution is -2.38. The number of fused-ring (bicyclic) bond motifs is 1. The smallest absolute Gasteiger partial charge is 0.261 e. The molecule has 0 aliphatic heterocycles. The number of rotatable bonds is 6. The number of hydrogen-bond acceptors (Lipinski definition) is 2. The van der Waals surface area contributed by atoms with E-state index in [-0.39, 0.29) is 11.9 Å². The maximum absolute atomic E-state index is 12.6. The van der Waals surface area contributed by atoms with E-state index < -0.39 is 6.10 Å². The molecule has 0 heterocycles. The number of nitrogens with one attached hydrogen (secondary N) is 1. The van der Waals surface area contributed by atoms with Gasteiger partial charge in [-0.05, 0) is 80.3 Å². The van der Waals surface area contributed by atoms with Gasteiger partial charge in [-0.1, -0.05) is 37.3 Å². The first-order valence-electron chi connectivity index (χ1n) is 9.72. The lowest BCUT2D eigenvalue weighted by molar-refractivity contribution is -0.128. The number of carbonyl (C=O) groups excluding carboxylic acids is 1. The lowest BCUT2D eigenvalue weighted by atomic mass is 9.89. The Labute approximate surface area is 156 Å². The molecule has 3 heteroatoms. The SMILES string of the molecule is CC[C@@H](NC(=O)[C@@H](C)Oc1cccc(C)c1)c1ccc2c(c1)CCCC2. The van der Waals surface area contributed by atoms with E-state index in [4.69, 9.17) is 4.74 Å². The minimum atomic E-state index is -0.525. The summed E-state index contributed by atoms with van der Waals surface area (Å²) in [6.45, 7) is 5.93. The van der Waals surface area contributed by atoms with Gasteiger partial charge in [0, 0.05) is 0 Å². The van der Waals surface area contributed by atoms with Gasteiger partial charge in [0.2, 0.25) is 0 Å². The molecule has 3 rings (SSSR count). The first-order chi connectivity index (χ1) is 12.6. The van der Waals surface area contributed by atoms with Gasteiger partial charge < -0.3 is 10.1 Å². The third-order valence-corrected chi connectivity index (χ3v) is 5.17. The third-order valence-electron chi connectivity index (χ3n) is 5.17. The fourth-order valence-corrected chi connectivity index (χ4v) is 3.63. The Morgan fingerprint density at radius 2 is 1.88 bits per heavy atom. The van der Waals surface area contributed by atoms with E-state index in [1.807, 2.05) is 31.2 Å². The Hall–Kier alpha value is -2.29. The number of ether oxygens (including phenoxy) is 1. The maximum Gasteiger partial charge on any atom is 0.261 e. The van der Waals surface area contributed by atoms with Gasteiger partial charge in [-0.25, -0.2) is 0 Å². The van der Waals surface area contributed by atoms with Crippen molar-refractivity contribution in [1.82, 2.24) is 5.32 Å². The largest absolute Gasteiger partial charge is 0.481 e. The van der Waals surface area contributed by atoms with Crippen LogP contribution in [0.5, 0.6) is 5.75 Å². The lowest BCUT2D eigenvalue weighted by Gasteiger charge is -2.23. The Bertz CT molecular complexity index is 769. The highest BCUT2D eigenvalue weighted by Crippen LogP contribution is 2.26. The molecule has 1 aliphatic rings. The summed E-state index contributed by atoms with van der Waals surface area (Å²) in [6, 6.07) is 14.5. The molecule has 1 N–H and O–H groups in total. The van der Waals surface area contributed by atoms with Crippen molar-refractivity contribution in [3.05, 3.63) is 64.7 Å². The van der Waals surface area contributed by atoms with E-state index in [9.17, 15) is 4.79 Å². The van der Waals surface area contributed by atoms with Gasteiger partial charge in [0.25, 0.3) is 5.91 Å². The Balaban J connectivity index is 1.66. The predicted molar refractivity (Wildman–Crippen MR) is 106 cm³/mol. The van der Waals surface area contributed by atoms with Crippen LogP contribution in [-0.2, 0) is 17.6 Å². The van der Waals surface area contributed by atoms with Gasteiger partial charge in [-0.3, -0.25) is 4.79 Å². The number of benzene rings is 2. The van der Waals surface area contributed by atoms with Crippen molar-refractivity contribution in [1.29, 1.82) is 0 Å². The average molecular weight is 351 g/mol. The molecule has 0 unspecified atom stereocenters. The van der Waals surface area contributed by atoms with Crippen molar-refractivity contribution in [2.24, 2.45) is 0 Å². The van der Waals surface area contributed by atoms with E-state index in [1.165, 1.54) is 36.0 Å². The van der Waals surface area contributed by atoms with E-state index in [0.29, 0.717) is 0 Å². The molecule has 1 aliphatic carbocycles. The van der Waals surface area contributed by atoms with Gasteiger partial charge in [0.1, 0.15) is 5.75 Å². The molecule has 0 saturated carbocycles. The average Bonchev–Trinajstić information content (AvgIpc) is 2.65. The maximum atomic E-state index is 12.6. The molecule has 138 valence electrons. The second kappa shape index (κ2) is 8.39. The molecule has 0 fully saturated rings. The normalized spacial score (nSPS) is 15.7. The minimum absolute atomic E-state index is 0.0262. The molecule has 2 atom stereocenters. The minimum Gasteiger partial charge on any atom is -0.481 e. The summed E-state index contributed by atoms with van der Waals surface area (Å²) in [6.07, 6.45) is 5.22. The molecule has 2 aromatic carbocycles. The molecule has 0 aromatic heterocycles. The monoisotopic (exact) mass is 351 g/mol. The van der Waals surface area contributed by atoms with Gasteiger partial charge in [0.05, 0.1) is 6.04 Å². The van der Waals surface area contributed by atoms with Crippen molar-refractivity contribution in [2.45, 2.75) is 65.0 Å². The topological polar surface area (TPSA) is 38.3 Å². The molecule has 0 bridgehead atoms. The fraction of sp³-hybridized carbons (Fsp3) is 0.435. The van der Waals surface area contributed by atoms with E-state index in [0.717, 1.165) is 24.2 Å². The zero-order chi connectivity index (χ0) is 18.5. The zero-order valence-electron chi connectivity index (χ0n) is 16.0. The highest BCUT2D eigenvalue weighted by molar-refractivity contribution is 5.81. The second-order valence-electron chi connectivity index (χ2n) is 7.28. The second-order valence-corrected chi connectivity index (χ2v) is 7.28. The summed E-state index contributed by atoms with van der Waals surface area (Å²) >= 11 is 0. The third kappa shape index (κ3) is 4.46. The van der Waals surface area contributed by atoms with Crippen LogP contribution in [0.2, 0.25) is 0 Å². The number of hydrogen-bond donors (Lipinski definition) is 1. The van der Waals surface area contributed by atoms with Crippen LogP contribution in [-0.4, -0.2) is 12.0 Å². The van der Waals surface area contributed by atoms with Crippen molar-refractivity contribution in [3.8, 4) is 5.75 Å². The Morgan fingerprint density at radius 3 is 2.62 bits per heavy atom. The standard InChI is InChI=1S/C23H29NO2/c1-4-22(20-13-12-18-9-5-6-10-19(18)15-20)24-23(25)17(3)26-21-11-7-8-16(2)14-21/h7-8,11-15,17,22H,4-6,9-10H2,1-3H3,(H,24,25)/t17-,22-/m1/s1. The number of carbonyl (C=O) groups is 1. The number of amides is 1. The summed E-state index contributed by atoms with van der Waals surface area (Å²) in [5.74, 6) is 0.658. The molecule has 1 amide bonds. The Kier molecular flexibility index (Phi) is 5.97. The summed E-state index contributed by atoms with van der Waals surface area (Å²) in [4.78, 5) is 12.6. The van der Waals surface area contributed by atoms with E-state index in [2.05, 4.69) is 30.4 Å². The molecule has 0 saturated heterocycles. The van der Waals surface area contributed by atoms with Crippen LogP contribution in [0.4, 0.5) is 0 Å². The molecule has 2 aromatic rings. The van der Waals surface area contributed by atoms with Crippen molar-refractivity contribution in [3.63, 3.8) is 0 Å². The summed E-state index contributed by atoms with van der Waals surface area (Å²) < 4.78 is 5.82. The molecule has 3 nitrogen and oxygen atoms in total. The van der Waals surface area contributed by atoms with Crippen LogP contribution in [0.15, 0.2) is 42.5 Å². The van der Waals surface area contributed by atoms with Crippen LogP contribution in [0.3, 0.4) is 0 Å². The predicted octanol–water partition coefficient (Wildman–Crippen LogP) is 4.91. The molecular formula is C23H29NO2. The van der Waals surface area contributed by atoms with Gasteiger partial charge in [-0.2, -0.15) is 0 Å². The van der Waals surface area contributed by atoms with Crippen LogP contribution in [0, 0.1) is 6.92 Å². The first kappa shape index (κ1) is 18.5. The highest BCUT2D eigenvalue weighted by Gasteiger charge is 2.20. The van der Waals surface area contributed by atoms with Crippen LogP contribution >= 0.6 is 0 Å². The van der Waals surface area contributed by atoms with Crippen LogP contribution in [0.25, 0.3) is 0 Å². The number of aryl methyl sites for hydroxylation is 3. The van der Waals surface area contributed by atoms with Gasteiger partial charge in [0.15, 0.2) is 6.10 Å². The molecule has 0 spiro atoms. The van der Waals surface area contributed by atoms with Gasteiger partial charge in [-0.15, -0.1) is 0 Å². The van der Waals surface area contributed by atoms with Gasteiger partial charge >= 0.3 is 0 Å². The van der Waals surface area contributed by atoms with Crippen molar-refractivity contribution in [2.75, 3.05) is 0 Å². The van der Waals surface area contributed by atoms with Crippen LogP contribution < -0.4 is 10.1 Å². The van der Waals surface area contributed by atoms with E-state index in [1.54, 1.807) is 6.92 Å². The van der Waals surface area contributed by atoms with Crippen LogP contribution in [0.1, 0.15) is 61.4 Å². The Morgan fingerprint density at radius 1 is 1.12 bits per heavy atom. The van der Waals surface area contributed by atoms with E-state index >= 15 is 0 Å². The molecule has 0 radical (unpaired) electrons. The zero-order valence-corrected chi connectivity index (χ0v) is 16.0. The quantitative estimate of drug-likeness (QED) is 0.803. The first-order valence-corrected chi connectivity index (χ1v) is 9.72. The fourth-order valence-electron chi connectivity index (χ4n) is 3.63. The molecule has 26 heavy (non-hydrogen) atoms.